The van der Waals surface area contributed by atoms with Crippen molar-refractivity contribution in [1.82, 2.24) is 14.8 Å². The van der Waals surface area contributed by atoms with Crippen molar-refractivity contribution in [2.75, 3.05) is 39.6 Å². The molecule has 12 unspecified atom stereocenters. The predicted octanol–water partition coefficient (Wildman–Crippen LogP) is -51.2. The standard InChI is InChI=1S/C8H15NO8S.C6H13NO10S2.C6H13NO7S.3C6H8O8S.10Na.3H2O/c1-4(10)9-7-6(11)2-5(17-8(7)12)3-16-18(13,14)15;8-4-1-3(2-16-19(13,14)15)17-6(9)5(4)7-18(10,11)12;8-2-3-1-4(9)5(6(10)14-3)7-15(11,12)13;3*7-3-1-4(6(8)9)13-2-5(3)14-15(10,11)12;;;;;;;;;;;;;/h5-8,11-12H,2-3H2,1H3,(H,9,10)(H,13,14,15);3-9H,1-2H2,(H,10,11,12)(H,13,14,15);3-10H,1-2H2,(H,11,12,13);3*1,3,5,7H,2H2,(H,8,9)(H,10,11,12);;;;;;;;;;;3*1H2/q;;;;;;10*+1;;;/p-10/t5?,6-,7?,8?;2*3?,4-,5?,6?;3*3-,5?;;;;;;;;;;;;;/m111111............./s1. The van der Waals surface area contributed by atoms with Crippen LogP contribution in [0.25, 0.3) is 0 Å². The molecule has 6 heterocycles. The van der Waals surface area contributed by atoms with Crippen LogP contribution in [0.2, 0.25) is 0 Å². The van der Waals surface area contributed by atoms with Crippen LogP contribution in [0.1, 0.15) is 26.2 Å². The monoisotopic (exact) mass is 1840 g/mol. The molecule has 6 aliphatic heterocycles. The molecule has 0 aromatic heterocycles. The average molecular weight is 1850 g/mol. The van der Waals surface area contributed by atoms with Gasteiger partial charge in [-0.2, -0.15) is 0 Å². The van der Waals surface area contributed by atoms with Crippen molar-refractivity contribution >= 4 is 96.4 Å². The first-order valence-corrected chi connectivity index (χ1v) is 34.6. The Hall–Kier alpha value is 4.95. The molecule has 592 valence electrons. The van der Waals surface area contributed by atoms with E-state index in [1.54, 1.807) is 0 Å². The van der Waals surface area contributed by atoms with Gasteiger partial charge in [0.2, 0.25) is 57.9 Å². The second-order valence-corrected chi connectivity index (χ2v) is 26.3. The molecule has 19 N–H and O–H groups in total. The third-order valence-electron chi connectivity index (χ3n) is 11.3. The second kappa shape index (κ2) is 66.4. The van der Waals surface area contributed by atoms with Gasteiger partial charge >= 0.3 is 296 Å². The van der Waals surface area contributed by atoms with Gasteiger partial charge in [-0.1, -0.05) is 0 Å². The molecule has 0 aliphatic carbocycles. The van der Waals surface area contributed by atoms with Crippen molar-refractivity contribution in [3.05, 3.63) is 35.5 Å². The van der Waals surface area contributed by atoms with E-state index < -0.39 is 264 Å². The first-order chi connectivity index (χ1) is 43.9. The van der Waals surface area contributed by atoms with Gasteiger partial charge in [0.15, 0.2) is 39.5 Å². The molecule has 0 aromatic rings. The fraction of sp³-hybridized carbons (Fsp3) is 0.737. The molecule has 1 amide bonds. The number of ether oxygens (including phenoxy) is 6. The summed E-state index contributed by atoms with van der Waals surface area (Å²) in [6.07, 6.45) is -19.3. The van der Waals surface area contributed by atoms with Crippen molar-refractivity contribution in [2.24, 2.45) is 0 Å². The zero-order valence-corrected chi connectivity index (χ0v) is 85.0. The zero-order chi connectivity index (χ0) is 75.3. The van der Waals surface area contributed by atoms with Crippen LogP contribution in [0.15, 0.2) is 35.5 Å². The maximum atomic E-state index is 10.8. The Balaban J connectivity index is -0.0000000914. The smallest absolute Gasteiger partial charge is 0.735 e. The van der Waals surface area contributed by atoms with Crippen LogP contribution in [0.4, 0.5) is 0 Å². The number of aliphatic carboxylic acids is 3. The number of carbonyl (C=O) groups is 4. The molecule has 55 nitrogen and oxygen atoms in total. The number of aliphatic hydroxyl groups excluding tert-OH is 10. The quantitative estimate of drug-likeness (QED) is 0.0288. The number of hydrogen-bond donors (Lipinski definition) is 13. The van der Waals surface area contributed by atoms with E-state index in [4.69, 9.17) is 19.3 Å². The van der Waals surface area contributed by atoms with E-state index in [0.717, 1.165) is 0 Å². The number of amides is 1. The van der Waals surface area contributed by atoms with E-state index in [2.05, 4.69) is 40.4 Å². The summed E-state index contributed by atoms with van der Waals surface area (Å²) >= 11 is 0. The summed E-state index contributed by atoms with van der Waals surface area (Å²) in [6.45, 7) is -2.26. The molecular formula is C38H61N3Na10O52S7. The van der Waals surface area contributed by atoms with E-state index in [-0.39, 0.29) is 331 Å². The van der Waals surface area contributed by atoms with Crippen molar-refractivity contribution in [3.8, 4) is 0 Å². The van der Waals surface area contributed by atoms with Crippen molar-refractivity contribution in [2.45, 2.75) is 136 Å². The molecular weight excluding hydrogens is 1780 g/mol. The molecule has 3 fully saturated rings. The molecule has 6 rings (SSSR count). The number of hydrogen-bond acceptors (Lipinski definition) is 49. The maximum absolute atomic E-state index is 10.8. The Labute approximate surface area is 846 Å². The fourth-order valence-corrected chi connectivity index (χ4v) is 10.6. The van der Waals surface area contributed by atoms with Gasteiger partial charge in [-0.05, 0) is 18.2 Å². The number of carboxylic acid groups (broad SMARTS) is 3. The molecule has 0 bridgehead atoms. The number of carboxylic acids is 3. The Bertz CT molecular complexity index is 3370. The zero-order valence-electron chi connectivity index (χ0n) is 59.2. The number of nitrogens with one attached hydrogen (secondary N) is 3. The predicted molar refractivity (Wildman–Crippen MR) is 283 cm³/mol. The Morgan fingerprint density at radius 2 is 0.636 bits per heavy atom. The summed E-state index contributed by atoms with van der Waals surface area (Å²) in [6, 6.07) is -4.01. The third-order valence-corrected chi connectivity index (χ3v) is 14.7. The van der Waals surface area contributed by atoms with Gasteiger partial charge in [0.25, 0.3) is 0 Å². The van der Waals surface area contributed by atoms with E-state index >= 15 is 0 Å². The number of carbonyl (C=O) groups excluding carboxylic acids is 4. The van der Waals surface area contributed by atoms with Gasteiger partial charge in [0.05, 0.1) is 68.5 Å². The SMILES string of the molecule is CC(=O)NC1C(O)OC(COS(=O)(=O)[O-])C[C@H]1O.O.O.O.O=C([O-])C1=C[C@@H](O)C(OS(=O)(=O)[O-])CO1.O=C([O-])C1=C[C@@H](O)C(OS(=O)(=O)[O-])CO1.O=C([O-])C1=C[C@@H](O)C(OS(=O)(=O)[O-])CO1.O=S(=O)([O-])NC1C(O)OC(CO)C[C@H]1O.O=S(=O)([O-])NC1C(O)OC(COS(=O)(=O)[O-])C[C@H]1O.[Na+].[Na+].[Na+].[Na+].[Na+].[Na+].[Na+].[Na+].[Na+].[Na+]. The number of aliphatic hydroxyl groups is 10. The summed E-state index contributed by atoms with van der Waals surface area (Å²) in [4.78, 5) is 41.6. The first-order valence-electron chi connectivity index (χ1n) is 25.1. The number of rotatable bonds is 21. The molecule has 72 heteroatoms. The van der Waals surface area contributed by atoms with Crippen molar-refractivity contribution < 1.29 is 538 Å². The topological polar surface area (TPSA) is 972 Å². The summed E-state index contributed by atoms with van der Waals surface area (Å²) in [5.41, 5.74) is 0. The third kappa shape index (κ3) is 65.6. The summed E-state index contributed by atoms with van der Waals surface area (Å²) in [5, 5.41) is 126. The van der Waals surface area contributed by atoms with Crippen LogP contribution in [-0.4, -0.2) is 332 Å². The Morgan fingerprint density at radius 1 is 0.409 bits per heavy atom. The minimum Gasteiger partial charge on any atom is -0.735 e. The fourth-order valence-electron chi connectivity index (χ4n) is 7.32. The van der Waals surface area contributed by atoms with Crippen LogP contribution in [0, 0.1) is 0 Å². The molecule has 18 atom stereocenters. The molecule has 0 saturated carbocycles. The normalized spacial score (nSPS) is 27.2. The molecule has 3 saturated heterocycles. The van der Waals surface area contributed by atoms with Crippen LogP contribution >= 0.6 is 0 Å². The minimum atomic E-state index is -4.98. The van der Waals surface area contributed by atoms with Crippen LogP contribution in [-0.2, 0) is 141 Å². The molecule has 0 radical (unpaired) electrons. The summed E-state index contributed by atoms with van der Waals surface area (Å²) < 4.78 is 265. The van der Waals surface area contributed by atoms with Crippen LogP contribution in [0.3, 0.4) is 0 Å². The van der Waals surface area contributed by atoms with Gasteiger partial charge in [-0.3, -0.25) is 25.7 Å². The van der Waals surface area contributed by atoms with Gasteiger partial charge in [-0.15, -0.1) is 0 Å². The molecule has 0 spiro atoms. The van der Waals surface area contributed by atoms with Gasteiger partial charge in [0, 0.05) is 26.2 Å². The molecule has 6 aliphatic rings. The average Bonchev–Trinajstić information content (AvgIpc) is 0.870. The largest absolute Gasteiger partial charge is 1.00 e. The van der Waals surface area contributed by atoms with Gasteiger partial charge in [-0.25, -0.2) is 68.4 Å². The van der Waals surface area contributed by atoms with E-state index in [1.165, 1.54) is 16.4 Å². The van der Waals surface area contributed by atoms with Gasteiger partial charge < -0.3 is 163 Å². The van der Waals surface area contributed by atoms with E-state index in [9.17, 15) is 171 Å². The second-order valence-electron chi connectivity index (χ2n) is 18.8. The Morgan fingerprint density at radius 3 is 0.818 bits per heavy atom. The maximum Gasteiger partial charge on any atom is 1.00 e. The first kappa shape index (κ1) is 144. The summed E-state index contributed by atoms with van der Waals surface area (Å²) in [7, 11) is -34.4. The van der Waals surface area contributed by atoms with E-state index in [1.807, 2.05) is 0 Å². The van der Waals surface area contributed by atoms with Crippen molar-refractivity contribution in [1.29, 1.82) is 0 Å². The molecule has 110 heavy (non-hydrogen) atoms. The van der Waals surface area contributed by atoms with Crippen LogP contribution in [0.5, 0.6) is 0 Å². The van der Waals surface area contributed by atoms with Crippen molar-refractivity contribution in [3.63, 3.8) is 0 Å². The molecule has 0 aromatic carbocycles. The summed E-state index contributed by atoms with van der Waals surface area (Å²) in [5.74, 6) is -7.33. The Kier molecular flexibility index (Phi) is 86.7. The van der Waals surface area contributed by atoms with Gasteiger partial charge in [0.1, 0.15) is 97.7 Å². The van der Waals surface area contributed by atoms with E-state index in [0.29, 0.717) is 18.2 Å². The minimum absolute atomic E-state index is 0. The van der Waals surface area contributed by atoms with Crippen LogP contribution < -0.4 is 326 Å².